The summed E-state index contributed by atoms with van der Waals surface area (Å²) in [4.78, 5) is 14.3. The van der Waals surface area contributed by atoms with Crippen LogP contribution in [0.4, 0.5) is 5.69 Å². The third kappa shape index (κ3) is 3.36. The van der Waals surface area contributed by atoms with Gasteiger partial charge in [0.25, 0.3) is 0 Å². The lowest BCUT2D eigenvalue weighted by molar-refractivity contribution is -0.105. The molecule has 0 bridgehead atoms. The molecule has 3 heteroatoms. The average Bonchev–Trinajstić information content (AvgIpc) is 3.13. The molecule has 0 N–H and O–H groups in total. The standard InChI is InChI=1S/C28H26N2O/c1-20-12-14-22(15-13-20)18-30-26-11-7-6-10-24(26)25-16-17-29(23-8-4-3-5-9-23)27(28(25)30)21(2)19-31/h3-15,19,27H,2,16-18H2,1H3/t27-/m1/s1. The number of aryl methyl sites for hydroxylation is 1. The fourth-order valence-corrected chi connectivity index (χ4v) is 4.86. The molecule has 3 aromatic carbocycles. The molecule has 1 aromatic heterocycles. The van der Waals surface area contributed by atoms with Crippen LogP contribution < -0.4 is 4.90 Å². The summed E-state index contributed by atoms with van der Waals surface area (Å²) < 4.78 is 2.39. The Morgan fingerprint density at radius 1 is 1.00 bits per heavy atom. The van der Waals surface area contributed by atoms with Gasteiger partial charge in [0.1, 0.15) is 6.29 Å². The lowest BCUT2D eigenvalue weighted by Crippen LogP contribution is -2.38. The molecule has 4 aromatic rings. The number of nitrogens with zero attached hydrogens (tertiary/aromatic N) is 2. The third-order valence-corrected chi connectivity index (χ3v) is 6.35. The van der Waals surface area contributed by atoms with Gasteiger partial charge in [0.2, 0.25) is 0 Å². The number of rotatable bonds is 5. The van der Waals surface area contributed by atoms with Gasteiger partial charge in [-0.3, -0.25) is 4.79 Å². The lowest BCUT2D eigenvalue weighted by atomic mass is 9.92. The molecule has 0 saturated carbocycles. The summed E-state index contributed by atoms with van der Waals surface area (Å²) in [7, 11) is 0. The first kappa shape index (κ1) is 19.4. The van der Waals surface area contributed by atoms with Crippen LogP contribution in [-0.4, -0.2) is 17.4 Å². The molecule has 0 fully saturated rings. The van der Waals surface area contributed by atoms with Crippen molar-refractivity contribution in [3.63, 3.8) is 0 Å². The molecular weight excluding hydrogens is 380 g/mol. The first-order chi connectivity index (χ1) is 15.2. The molecule has 1 atom stereocenters. The van der Waals surface area contributed by atoms with Crippen molar-refractivity contribution in [2.24, 2.45) is 0 Å². The topological polar surface area (TPSA) is 25.2 Å². The molecule has 0 unspecified atom stereocenters. The highest BCUT2D eigenvalue weighted by Crippen LogP contribution is 2.42. The summed E-state index contributed by atoms with van der Waals surface area (Å²) in [5.41, 5.74) is 7.96. The van der Waals surface area contributed by atoms with E-state index in [2.05, 4.69) is 83.6 Å². The van der Waals surface area contributed by atoms with Gasteiger partial charge < -0.3 is 9.47 Å². The molecule has 3 nitrogen and oxygen atoms in total. The first-order valence-corrected chi connectivity index (χ1v) is 10.8. The van der Waals surface area contributed by atoms with Crippen molar-refractivity contribution < 1.29 is 4.79 Å². The van der Waals surface area contributed by atoms with E-state index in [0.29, 0.717) is 5.57 Å². The summed E-state index contributed by atoms with van der Waals surface area (Å²) in [5, 5.41) is 1.28. The van der Waals surface area contributed by atoms with E-state index >= 15 is 0 Å². The summed E-state index contributed by atoms with van der Waals surface area (Å²) in [6.07, 6.45) is 1.86. The number of anilines is 1. The van der Waals surface area contributed by atoms with Crippen molar-refractivity contribution in [2.75, 3.05) is 11.4 Å². The number of carbonyl (C=O) groups is 1. The molecule has 0 spiro atoms. The van der Waals surface area contributed by atoms with E-state index in [-0.39, 0.29) is 6.04 Å². The molecule has 154 valence electrons. The van der Waals surface area contributed by atoms with Crippen molar-refractivity contribution in [3.8, 4) is 0 Å². The van der Waals surface area contributed by atoms with Crippen LogP contribution in [-0.2, 0) is 17.8 Å². The Hall–Kier alpha value is -3.59. The molecule has 0 aliphatic carbocycles. The normalized spacial score (nSPS) is 15.6. The first-order valence-electron chi connectivity index (χ1n) is 10.8. The minimum Gasteiger partial charge on any atom is -0.358 e. The summed E-state index contributed by atoms with van der Waals surface area (Å²) in [6.45, 7) is 7.91. The Balaban J connectivity index is 1.72. The third-order valence-electron chi connectivity index (χ3n) is 6.35. The number of fused-ring (bicyclic) bond motifs is 3. The zero-order valence-corrected chi connectivity index (χ0v) is 17.8. The van der Waals surface area contributed by atoms with Crippen molar-refractivity contribution >= 4 is 22.9 Å². The minimum atomic E-state index is -0.179. The zero-order chi connectivity index (χ0) is 21.4. The van der Waals surface area contributed by atoms with E-state index in [1.165, 1.54) is 33.3 Å². The number of hydrogen-bond acceptors (Lipinski definition) is 2. The second-order valence-corrected chi connectivity index (χ2v) is 8.33. The molecule has 31 heavy (non-hydrogen) atoms. The Kier molecular flexibility index (Phi) is 4.95. The van der Waals surface area contributed by atoms with Gasteiger partial charge in [0, 0.05) is 40.9 Å². The number of benzene rings is 3. The smallest absolute Gasteiger partial charge is 0.147 e. The maximum Gasteiger partial charge on any atom is 0.147 e. The molecule has 5 rings (SSSR count). The van der Waals surface area contributed by atoms with Gasteiger partial charge in [-0.05, 0) is 42.7 Å². The van der Waals surface area contributed by atoms with Gasteiger partial charge in [0.05, 0.1) is 6.04 Å². The molecular formula is C28H26N2O. The quantitative estimate of drug-likeness (QED) is 0.306. The van der Waals surface area contributed by atoms with E-state index in [9.17, 15) is 4.79 Å². The van der Waals surface area contributed by atoms with Gasteiger partial charge in [-0.2, -0.15) is 0 Å². The second kappa shape index (κ2) is 7.92. The van der Waals surface area contributed by atoms with Crippen LogP contribution in [0.15, 0.2) is 91.0 Å². The number of carbonyl (C=O) groups excluding carboxylic acids is 1. The molecule has 0 saturated heterocycles. The summed E-state index contributed by atoms with van der Waals surface area (Å²) in [5.74, 6) is 0. The van der Waals surface area contributed by atoms with E-state index < -0.39 is 0 Å². The molecule has 1 aliphatic heterocycles. The zero-order valence-electron chi connectivity index (χ0n) is 17.8. The molecule has 2 heterocycles. The molecule has 1 aliphatic rings. The fourth-order valence-electron chi connectivity index (χ4n) is 4.86. The predicted molar refractivity (Wildman–Crippen MR) is 128 cm³/mol. The Labute approximate surface area is 183 Å². The van der Waals surface area contributed by atoms with Crippen LogP contribution in [0.3, 0.4) is 0 Å². The van der Waals surface area contributed by atoms with Crippen molar-refractivity contribution in [2.45, 2.75) is 25.9 Å². The van der Waals surface area contributed by atoms with Crippen molar-refractivity contribution in [1.82, 2.24) is 4.57 Å². The lowest BCUT2D eigenvalue weighted by Gasteiger charge is -2.39. The predicted octanol–water partition coefficient (Wildman–Crippen LogP) is 5.86. The number of hydrogen-bond donors (Lipinski definition) is 0. The highest BCUT2D eigenvalue weighted by molar-refractivity contribution is 5.88. The maximum absolute atomic E-state index is 12.0. The van der Waals surface area contributed by atoms with Crippen LogP contribution in [0, 0.1) is 6.92 Å². The van der Waals surface area contributed by atoms with Gasteiger partial charge in [-0.25, -0.2) is 0 Å². The van der Waals surface area contributed by atoms with Gasteiger partial charge in [-0.1, -0.05) is 72.8 Å². The largest absolute Gasteiger partial charge is 0.358 e. The Morgan fingerprint density at radius 3 is 2.45 bits per heavy atom. The SMILES string of the molecule is C=C(C=O)[C@@H]1c2c(c3ccccc3n2Cc2ccc(C)cc2)CCN1c1ccccc1. The van der Waals surface area contributed by atoms with Crippen LogP contribution in [0.2, 0.25) is 0 Å². The van der Waals surface area contributed by atoms with E-state index in [1.54, 1.807) is 0 Å². The van der Waals surface area contributed by atoms with Gasteiger partial charge in [0.15, 0.2) is 0 Å². The van der Waals surface area contributed by atoms with E-state index in [0.717, 1.165) is 31.5 Å². The van der Waals surface area contributed by atoms with Crippen LogP contribution in [0.5, 0.6) is 0 Å². The van der Waals surface area contributed by atoms with Crippen molar-refractivity contribution in [1.29, 1.82) is 0 Å². The maximum atomic E-state index is 12.0. The summed E-state index contributed by atoms with van der Waals surface area (Å²) >= 11 is 0. The number of aromatic nitrogens is 1. The van der Waals surface area contributed by atoms with E-state index in [4.69, 9.17) is 0 Å². The van der Waals surface area contributed by atoms with Gasteiger partial charge >= 0.3 is 0 Å². The van der Waals surface area contributed by atoms with Gasteiger partial charge in [-0.15, -0.1) is 0 Å². The van der Waals surface area contributed by atoms with Crippen molar-refractivity contribution in [3.05, 3.63) is 113 Å². The average molecular weight is 407 g/mol. The number of aldehydes is 1. The van der Waals surface area contributed by atoms with Crippen LogP contribution >= 0.6 is 0 Å². The monoisotopic (exact) mass is 406 g/mol. The molecule has 0 radical (unpaired) electrons. The van der Waals surface area contributed by atoms with Crippen LogP contribution in [0.25, 0.3) is 10.9 Å². The minimum absolute atomic E-state index is 0.179. The Morgan fingerprint density at radius 2 is 1.71 bits per heavy atom. The second-order valence-electron chi connectivity index (χ2n) is 8.33. The molecule has 0 amide bonds. The number of para-hydroxylation sites is 2. The highest BCUT2D eigenvalue weighted by atomic mass is 16.1. The Bertz CT molecular complexity index is 1250. The van der Waals surface area contributed by atoms with E-state index in [1.807, 2.05) is 18.2 Å². The van der Waals surface area contributed by atoms with Crippen LogP contribution in [0.1, 0.15) is 28.4 Å². The summed E-state index contributed by atoms with van der Waals surface area (Å²) in [6, 6.07) is 27.5. The fraction of sp³-hybridized carbons (Fsp3) is 0.179. The highest BCUT2D eigenvalue weighted by Gasteiger charge is 2.34.